The molecule has 0 aromatic heterocycles. The molecule has 28 heavy (non-hydrogen) atoms. The van der Waals surface area contributed by atoms with E-state index in [1.165, 1.54) is 6.42 Å². The zero-order valence-corrected chi connectivity index (χ0v) is 17.2. The third-order valence-corrected chi connectivity index (χ3v) is 5.83. The number of amides is 3. The van der Waals surface area contributed by atoms with E-state index in [9.17, 15) is 9.59 Å². The van der Waals surface area contributed by atoms with E-state index in [1.54, 1.807) is 24.3 Å². The minimum Gasteiger partial charge on any atom is -0.368 e. The highest BCUT2D eigenvalue weighted by Crippen LogP contribution is 2.38. The standard InChI is InChI=1S/C22H33N3O3/c1-22(2,3)17-7-4-5-8-18(17)25-21(27)24-16-12-10-15(11-13-16)23-20(26)19-9-6-14-28-19/h10-13,17-19H,4-9,14H2,1-3H3,(H,23,26)(H2,24,25,27)/t17-,18+,19-/m1/s1. The molecule has 1 saturated carbocycles. The predicted octanol–water partition coefficient (Wildman–Crippen LogP) is 4.53. The molecule has 2 aliphatic rings. The van der Waals surface area contributed by atoms with E-state index in [-0.39, 0.29) is 29.5 Å². The van der Waals surface area contributed by atoms with Crippen molar-refractivity contribution in [2.45, 2.75) is 71.4 Å². The fourth-order valence-electron chi connectivity index (χ4n) is 4.32. The Morgan fingerprint density at radius 2 is 1.57 bits per heavy atom. The molecule has 2 fully saturated rings. The molecule has 3 amide bonds. The summed E-state index contributed by atoms with van der Waals surface area (Å²) in [4.78, 5) is 24.6. The van der Waals surface area contributed by atoms with Crippen LogP contribution < -0.4 is 16.0 Å². The summed E-state index contributed by atoms with van der Waals surface area (Å²) in [5, 5.41) is 8.94. The van der Waals surface area contributed by atoms with E-state index in [4.69, 9.17) is 4.74 Å². The number of hydrogen-bond donors (Lipinski definition) is 3. The van der Waals surface area contributed by atoms with Crippen molar-refractivity contribution in [3.8, 4) is 0 Å². The molecule has 0 bridgehead atoms. The lowest BCUT2D eigenvalue weighted by Crippen LogP contribution is -2.48. The average molecular weight is 388 g/mol. The summed E-state index contributed by atoms with van der Waals surface area (Å²) >= 11 is 0. The zero-order valence-electron chi connectivity index (χ0n) is 17.2. The van der Waals surface area contributed by atoms with Crippen molar-refractivity contribution in [1.82, 2.24) is 5.32 Å². The monoisotopic (exact) mass is 387 g/mol. The van der Waals surface area contributed by atoms with Gasteiger partial charge >= 0.3 is 6.03 Å². The van der Waals surface area contributed by atoms with Gasteiger partial charge in [-0.1, -0.05) is 33.6 Å². The molecule has 3 N–H and O–H groups in total. The first-order valence-corrected chi connectivity index (χ1v) is 10.4. The van der Waals surface area contributed by atoms with Crippen molar-refractivity contribution >= 4 is 23.3 Å². The molecule has 1 saturated heterocycles. The molecule has 3 atom stereocenters. The Balaban J connectivity index is 1.51. The molecule has 0 unspecified atom stereocenters. The second-order valence-electron chi connectivity index (χ2n) is 9.03. The summed E-state index contributed by atoms with van der Waals surface area (Å²) < 4.78 is 5.39. The minimum absolute atomic E-state index is 0.110. The summed E-state index contributed by atoms with van der Waals surface area (Å²) in [5.41, 5.74) is 1.59. The molecule has 1 aromatic carbocycles. The first kappa shape index (κ1) is 20.6. The van der Waals surface area contributed by atoms with Gasteiger partial charge < -0.3 is 20.7 Å². The van der Waals surface area contributed by atoms with E-state index in [2.05, 4.69) is 36.7 Å². The molecular formula is C22H33N3O3. The number of nitrogens with one attached hydrogen (secondary N) is 3. The summed E-state index contributed by atoms with van der Waals surface area (Å²) in [5.74, 6) is 0.379. The number of carbonyl (C=O) groups excluding carboxylic acids is 2. The van der Waals surface area contributed by atoms with E-state index >= 15 is 0 Å². The maximum atomic E-state index is 12.5. The first-order valence-electron chi connectivity index (χ1n) is 10.4. The predicted molar refractivity (Wildman–Crippen MR) is 111 cm³/mol. The van der Waals surface area contributed by atoms with Gasteiger partial charge in [0.15, 0.2) is 0 Å². The van der Waals surface area contributed by atoms with Crippen LogP contribution >= 0.6 is 0 Å². The van der Waals surface area contributed by atoms with Crippen molar-refractivity contribution in [3.05, 3.63) is 24.3 Å². The number of rotatable bonds is 4. The lowest BCUT2D eigenvalue weighted by molar-refractivity contribution is -0.124. The third-order valence-electron chi connectivity index (χ3n) is 5.83. The maximum Gasteiger partial charge on any atom is 0.319 e. The van der Waals surface area contributed by atoms with E-state index in [1.807, 2.05) is 0 Å². The smallest absolute Gasteiger partial charge is 0.319 e. The lowest BCUT2D eigenvalue weighted by Gasteiger charge is -2.40. The maximum absolute atomic E-state index is 12.5. The molecular weight excluding hydrogens is 354 g/mol. The normalized spacial score (nSPS) is 25.2. The van der Waals surface area contributed by atoms with Crippen LogP contribution in [0.5, 0.6) is 0 Å². The molecule has 1 aromatic rings. The second-order valence-corrected chi connectivity index (χ2v) is 9.03. The Labute approximate surface area is 167 Å². The quantitative estimate of drug-likeness (QED) is 0.710. The molecule has 1 aliphatic heterocycles. The van der Waals surface area contributed by atoms with Crippen LogP contribution in [0.3, 0.4) is 0 Å². The average Bonchev–Trinajstić information content (AvgIpc) is 3.18. The van der Waals surface area contributed by atoms with Gasteiger partial charge in [-0.3, -0.25) is 4.79 Å². The number of carbonyl (C=O) groups is 2. The van der Waals surface area contributed by atoms with Gasteiger partial charge in [0.2, 0.25) is 0 Å². The summed E-state index contributed by atoms with van der Waals surface area (Å²) in [6, 6.07) is 7.22. The van der Waals surface area contributed by atoms with Crippen LogP contribution in [0.25, 0.3) is 0 Å². The van der Waals surface area contributed by atoms with Gasteiger partial charge in [0.1, 0.15) is 6.10 Å². The van der Waals surface area contributed by atoms with Gasteiger partial charge in [-0.25, -0.2) is 4.79 Å². The highest BCUT2D eigenvalue weighted by molar-refractivity contribution is 5.95. The van der Waals surface area contributed by atoms with E-state index in [0.29, 0.717) is 23.9 Å². The molecule has 1 aliphatic carbocycles. The minimum atomic E-state index is -0.352. The number of benzene rings is 1. The van der Waals surface area contributed by atoms with Crippen LogP contribution in [0, 0.1) is 11.3 Å². The summed E-state index contributed by atoms with van der Waals surface area (Å²) in [7, 11) is 0. The van der Waals surface area contributed by atoms with Crippen molar-refractivity contribution in [2.24, 2.45) is 11.3 Å². The largest absolute Gasteiger partial charge is 0.368 e. The first-order chi connectivity index (χ1) is 13.3. The molecule has 1 heterocycles. The van der Waals surface area contributed by atoms with E-state index < -0.39 is 0 Å². The molecule has 3 rings (SSSR count). The van der Waals surface area contributed by atoms with Gasteiger partial charge in [-0.15, -0.1) is 0 Å². The lowest BCUT2D eigenvalue weighted by atomic mass is 9.69. The number of anilines is 2. The van der Waals surface area contributed by atoms with Gasteiger partial charge in [-0.2, -0.15) is 0 Å². The highest BCUT2D eigenvalue weighted by Gasteiger charge is 2.34. The van der Waals surface area contributed by atoms with Crippen molar-refractivity contribution in [1.29, 1.82) is 0 Å². The van der Waals surface area contributed by atoms with Crippen LogP contribution in [0.1, 0.15) is 59.3 Å². The second kappa shape index (κ2) is 8.95. The van der Waals surface area contributed by atoms with Crippen LogP contribution in [0.15, 0.2) is 24.3 Å². The molecule has 6 nitrogen and oxygen atoms in total. The van der Waals surface area contributed by atoms with Gasteiger partial charge in [-0.05, 0) is 61.3 Å². The van der Waals surface area contributed by atoms with Crippen LogP contribution in [-0.2, 0) is 9.53 Å². The molecule has 154 valence electrons. The SMILES string of the molecule is CC(C)(C)[C@@H]1CCCC[C@@H]1NC(=O)Nc1ccc(NC(=O)[C@H]2CCCO2)cc1. The van der Waals surface area contributed by atoms with Gasteiger partial charge in [0, 0.05) is 24.0 Å². The van der Waals surface area contributed by atoms with E-state index in [0.717, 1.165) is 32.1 Å². The van der Waals surface area contributed by atoms with Crippen LogP contribution in [-0.4, -0.2) is 30.7 Å². The Morgan fingerprint density at radius 3 is 2.18 bits per heavy atom. The fourth-order valence-corrected chi connectivity index (χ4v) is 4.32. The highest BCUT2D eigenvalue weighted by atomic mass is 16.5. The summed E-state index contributed by atoms with van der Waals surface area (Å²) in [6.45, 7) is 7.39. The fraction of sp³-hybridized carbons (Fsp3) is 0.636. The van der Waals surface area contributed by atoms with Crippen molar-refractivity contribution < 1.29 is 14.3 Å². The Bertz CT molecular complexity index is 675. The third kappa shape index (κ3) is 5.47. The van der Waals surface area contributed by atoms with Crippen LogP contribution in [0.2, 0.25) is 0 Å². The molecule has 6 heteroatoms. The van der Waals surface area contributed by atoms with Gasteiger partial charge in [0.25, 0.3) is 5.91 Å². The molecule has 0 radical (unpaired) electrons. The van der Waals surface area contributed by atoms with Gasteiger partial charge in [0.05, 0.1) is 0 Å². The molecule has 0 spiro atoms. The van der Waals surface area contributed by atoms with Crippen molar-refractivity contribution in [3.63, 3.8) is 0 Å². The summed E-state index contributed by atoms with van der Waals surface area (Å²) in [6.07, 6.45) is 5.93. The number of hydrogen-bond acceptors (Lipinski definition) is 3. The number of ether oxygens (including phenoxy) is 1. The number of urea groups is 1. The van der Waals surface area contributed by atoms with Crippen LogP contribution in [0.4, 0.5) is 16.2 Å². The Kier molecular flexibility index (Phi) is 6.60. The Hall–Kier alpha value is -2.08. The Morgan fingerprint density at radius 1 is 0.929 bits per heavy atom. The van der Waals surface area contributed by atoms with Crippen molar-refractivity contribution in [2.75, 3.05) is 17.2 Å². The zero-order chi connectivity index (χ0) is 20.1. The topological polar surface area (TPSA) is 79.5 Å².